The summed E-state index contributed by atoms with van der Waals surface area (Å²) >= 11 is 0. The van der Waals surface area contributed by atoms with Crippen LogP contribution in [0.25, 0.3) is 0 Å². The minimum Gasteiger partial charge on any atom is -0.506 e. The van der Waals surface area contributed by atoms with Gasteiger partial charge < -0.3 is 21.1 Å². The molecule has 1 aromatic carbocycles. The average Bonchev–Trinajstić information content (AvgIpc) is 2.48. The predicted octanol–water partition coefficient (Wildman–Crippen LogP) is 0.715. The quantitative estimate of drug-likeness (QED) is 0.548. The molecule has 1 aliphatic heterocycles. The van der Waals surface area contributed by atoms with Gasteiger partial charge in [-0.1, -0.05) is 0 Å². The molecule has 0 aromatic heterocycles. The lowest BCUT2D eigenvalue weighted by atomic mass is 10.00. The van der Waals surface area contributed by atoms with Gasteiger partial charge >= 0.3 is 0 Å². The van der Waals surface area contributed by atoms with E-state index in [9.17, 15) is 14.7 Å². The van der Waals surface area contributed by atoms with Gasteiger partial charge in [-0.15, -0.1) is 0 Å². The van der Waals surface area contributed by atoms with Crippen LogP contribution in [0.5, 0.6) is 5.75 Å². The first-order chi connectivity index (χ1) is 9.54. The van der Waals surface area contributed by atoms with Crippen LogP contribution in [-0.4, -0.2) is 41.5 Å². The van der Waals surface area contributed by atoms with Crippen LogP contribution in [0.15, 0.2) is 18.2 Å². The average molecular weight is 277 g/mol. The van der Waals surface area contributed by atoms with E-state index in [1.165, 1.54) is 12.1 Å². The molecule has 0 saturated carbocycles. The van der Waals surface area contributed by atoms with Gasteiger partial charge in [-0.05, 0) is 37.5 Å². The highest BCUT2D eigenvalue weighted by atomic mass is 16.3. The number of rotatable bonds is 2. The number of phenols is 1. The van der Waals surface area contributed by atoms with E-state index in [-0.39, 0.29) is 23.3 Å². The van der Waals surface area contributed by atoms with E-state index in [2.05, 4.69) is 5.32 Å². The Balaban J connectivity index is 2.25. The Morgan fingerprint density at radius 2 is 2.15 bits per heavy atom. The summed E-state index contributed by atoms with van der Waals surface area (Å²) < 4.78 is 0. The highest BCUT2D eigenvalue weighted by Gasteiger charge is 2.32. The molecule has 1 unspecified atom stereocenters. The third kappa shape index (κ3) is 2.68. The van der Waals surface area contributed by atoms with Crippen LogP contribution in [0.4, 0.5) is 5.69 Å². The molecule has 20 heavy (non-hydrogen) atoms. The molecule has 2 amide bonds. The highest BCUT2D eigenvalue weighted by Crippen LogP contribution is 2.24. The van der Waals surface area contributed by atoms with Crippen molar-refractivity contribution in [2.45, 2.75) is 25.3 Å². The fourth-order valence-electron chi connectivity index (χ4n) is 2.46. The molecule has 1 saturated heterocycles. The Kier molecular flexibility index (Phi) is 4.12. The first kappa shape index (κ1) is 14.2. The molecule has 2 rings (SSSR count). The van der Waals surface area contributed by atoms with Crippen LogP contribution >= 0.6 is 0 Å². The summed E-state index contributed by atoms with van der Waals surface area (Å²) in [6.45, 7) is 0.544. The molecule has 1 atom stereocenters. The molecule has 1 heterocycles. The Morgan fingerprint density at radius 1 is 1.40 bits per heavy atom. The van der Waals surface area contributed by atoms with Crippen LogP contribution in [0.1, 0.15) is 29.6 Å². The number of hydrogen-bond acceptors (Lipinski definition) is 4. The number of anilines is 1. The molecule has 0 radical (unpaired) electrons. The van der Waals surface area contributed by atoms with Crippen LogP contribution in [0.2, 0.25) is 0 Å². The lowest BCUT2D eigenvalue weighted by Crippen LogP contribution is -2.51. The first-order valence-corrected chi connectivity index (χ1v) is 6.65. The molecule has 1 fully saturated rings. The van der Waals surface area contributed by atoms with Gasteiger partial charge in [0.15, 0.2) is 0 Å². The maximum atomic E-state index is 12.5. The van der Waals surface area contributed by atoms with Crippen molar-refractivity contribution in [1.82, 2.24) is 10.2 Å². The number of amides is 2. The number of piperidine rings is 1. The zero-order valence-corrected chi connectivity index (χ0v) is 11.4. The van der Waals surface area contributed by atoms with Crippen molar-refractivity contribution in [3.05, 3.63) is 23.8 Å². The summed E-state index contributed by atoms with van der Waals surface area (Å²) in [4.78, 5) is 25.9. The van der Waals surface area contributed by atoms with Gasteiger partial charge in [-0.25, -0.2) is 0 Å². The molecule has 1 aromatic rings. The number of benzene rings is 1. The molecule has 6 nitrogen and oxygen atoms in total. The Labute approximate surface area is 117 Å². The van der Waals surface area contributed by atoms with Gasteiger partial charge in [-0.3, -0.25) is 9.59 Å². The fourth-order valence-corrected chi connectivity index (χ4v) is 2.46. The third-order valence-electron chi connectivity index (χ3n) is 3.59. The Morgan fingerprint density at radius 3 is 2.80 bits per heavy atom. The third-order valence-corrected chi connectivity index (χ3v) is 3.59. The van der Waals surface area contributed by atoms with E-state index in [1.54, 1.807) is 18.0 Å². The van der Waals surface area contributed by atoms with E-state index in [1.807, 2.05) is 0 Å². The van der Waals surface area contributed by atoms with Crippen LogP contribution in [-0.2, 0) is 4.79 Å². The van der Waals surface area contributed by atoms with Gasteiger partial charge in [-0.2, -0.15) is 0 Å². The summed E-state index contributed by atoms with van der Waals surface area (Å²) in [5, 5.41) is 12.2. The molecular weight excluding hydrogens is 258 g/mol. The summed E-state index contributed by atoms with van der Waals surface area (Å²) in [6, 6.07) is 3.95. The van der Waals surface area contributed by atoms with Gasteiger partial charge in [0.1, 0.15) is 11.8 Å². The van der Waals surface area contributed by atoms with E-state index >= 15 is 0 Å². The van der Waals surface area contributed by atoms with Gasteiger partial charge in [0.2, 0.25) is 5.91 Å². The van der Waals surface area contributed by atoms with E-state index < -0.39 is 6.04 Å². The van der Waals surface area contributed by atoms with Gasteiger partial charge in [0, 0.05) is 19.2 Å². The lowest BCUT2D eigenvalue weighted by molar-refractivity contribution is -0.126. The topological polar surface area (TPSA) is 95.7 Å². The number of aromatic hydroxyl groups is 1. The van der Waals surface area contributed by atoms with E-state index in [0.29, 0.717) is 18.5 Å². The number of carbonyl (C=O) groups is 2. The van der Waals surface area contributed by atoms with Crippen molar-refractivity contribution >= 4 is 17.5 Å². The van der Waals surface area contributed by atoms with Crippen molar-refractivity contribution in [2.24, 2.45) is 0 Å². The van der Waals surface area contributed by atoms with Gasteiger partial charge in [0.05, 0.1) is 5.69 Å². The zero-order chi connectivity index (χ0) is 14.7. The zero-order valence-electron chi connectivity index (χ0n) is 11.4. The summed E-state index contributed by atoms with van der Waals surface area (Å²) in [5.74, 6) is -0.532. The Hall–Kier alpha value is -2.24. The predicted molar refractivity (Wildman–Crippen MR) is 75.3 cm³/mol. The van der Waals surface area contributed by atoms with Crippen molar-refractivity contribution in [3.63, 3.8) is 0 Å². The monoisotopic (exact) mass is 277 g/mol. The van der Waals surface area contributed by atoms with Crippen LogP contribution in [0.3, 0.4) is 0 Å². The maximum absolute atomic E-state index is 12.5. The van der Waals surface area contributed by atoms with Crippen molar-refractivity contribution < 1.29 is 14.7 Å². The normalized spacial score (nSPS) is 18.6. The molecule has 0 bridgehead atoms. The molecule has 108 valence electrons. The molecule has 0 spiro atoms. The number of likely N-dealkylation sites (tertiary alicyclic amines) is 1. The fraction of sp³-hybridized carbons (Fsp3) is 0.429. The number of phenolic OH excluding ortho intramolecular Hbond substituents is 1. The van der Waals surface area contributed by atoms with Crippen LogP contribution < -0.4 is 11.1 Å². The maximum Gasteiger partial charge on any atom is 0.254 e. The summed E-state index contributed by atoms with van der Waals surface area (Å²) in [6.07, 6.45) is 2.46. The standard InChI is InChI=1S/C14H19N3O3/c1-16-13(19)11-4-2-3-7-17(11)14(20)9-5-6-10(15)12(18)8-9/h5-6,8,11,18H,2-4,7,15H2,1H3,(H,16,19). The first-order valence-electron chi connectivity index (χ1n) is 6.65. The molecule has 4 N–H and O–H groups in total. The number of nitrogens with one attached hydrogen (secondary N) is 1. The summed E-state index contributed by atoms with van der Waals surface area (Å²) in [7, 11) is 1.56. The summed E-state index contributed by atoms with van der Waals surface area (Å²) in [5.41, 5.74) is 6.09. The second kappa shape index (κ2) is 5.81. The van der Waals surface area contributed by atoms with Crippen molar-refractivity contribution in [1.29, 1.82) is 0 Å². The smallest absolute Gasteiger partial charge is 0.254 e. The minimum absolute atomic E-state index is 0.121. The van der Waals surface area contributed by atoms with E-state index in [0.717, 1.165) is 12.8 Å². The number of likely N-dealkylation sites (N-methyl/N-ethyl adjacent to an activating group) is 1. The number of nitrogens with two attached hydrogens (primary N) is 1. The molecule has 6 heteroatoms. The molecular formula is C14H19N3O3. The number of hydrogen-bond donors (Lipinski definition) is 3. The van der Waals surface area contributed by atoms with Gasteiger partial charge in [0.25, 0.3) is 5.91 Å². The minimum atomic E-state index is -0.444. The largest absolute Gasteiger partial charge is 0.506 e. The number of nitrogen functional groups attached to an aromatic ring is 1. The molecule has 0 aliphatic carbocycles. The number of nitrogens with zero attached hydrogens (tertiary/aromatic N) is 1. The molecule has 1 aliphatic rings. The Bertz CT molecular complexity index is 530. The van der Waals surface area contributed by atoms with Crippen molar-refractivity contribution in [2.75, 3.05) is 19.3 Å². The van der Waals surface area contributed by atoms with Crippen molar-refractivity contribution in [3.8, 4) is 5.75 Å². The highest BCUT2D eigenvalue weighted by molar-refractivity contribution is 5.98. The number of carbonyl (C=O) groups excluding carboxylic acids is 2. The van der Waals surface area contributed by atoms with E-state index in [4.69, 9.17) is 5.73 Å². The second-order valence-electron chi connectivity index (χ2n) is 4.90. The van der Waals surface area contributed by atoms with Crippen LogP contribution in [0, 0.1) is 0 Å². The SMILES string of the molecule is CNC(=O)C1CCCCN1C(=O)c1ccc(N)c(O)c1. The second-order valence-corrected chi connectivity index (χ2v) is 4.90. The lowest BCUT2D eigenvalue weighted by Gasteiger charge is -2.34.